The second kappa shape index (κ2) is 6.93. The molecule has 1 heterocycles. The van der Waals surface area contributed by atoms with Crippen molar-refractivity contribution in [1.29, 1.82) is 0 Å². The summed E-state index contributed by atoms with van der Waals surface area (Å²) in [5, 5.41) is 3.91. The van der Waals surface area contributed by atoms with E-state index in [9.17, 15) is 4.79 Å². The van der Waals surface area contributed by atoms with Crippen molar-refractivity contribution in [2.75, 3.05) is 5.32 Å². The van der Waals surface area contributed by atoms with Crippen LogP contribution in [0.25, 0.3) is 10.9 Å². The van der Waals surface area contributed by atoms with Crippen LogP contribution in [0.3, 0.4) is 0 Å². The van der Waals surface area contributed by atoms with Gasteiger partial charge in [-0.2, -0.15) is 0 Å². The van der Waals surface area contributed by atoms with E-state index in [1.165, 1.54) is 0 Å². The number of amides is 1. The third-order valence-electron chi connectivity index (χ3n) is 3.86. The van der Waals surface area contributed by atoms with Crippen molar-refractivity contribution in [2.24, 2.45) is 5.41 Å². The molecule has 1 aromatic heterocycles. The molecule has 0 atom stereocenters. The Balaban J connectivity index is 1.90. The Kier molecular flexibility index (Phi) is 4.70. The first-order chi connectivity index (χ1) is 11.9. The van der Waals surface area contributed by atoms with Gasteiger partial charge in [0.2, 0.25) is 5.91 Å². The van der Waals surface area contributed by atoms with Crippen LogP contribution in [0.5, 0.6) is 5.75 Å². The topological polar surface area (TPSA) is 51.2 Å². The number of pyridine rings is 1. The molecule has 0 spiro atoms. The number of carbonyl (C=O) groups excluding carboxylic acids is 1. The van der Waals surface area contributed by atoms with Gasteiger partial charge in [0.25, 0.3) is 0 Å². The van der Waals surface area contributed by atoms with Crippen LogP contribution >= 0.6 is 0 Å². The molecule has 0 aliphatic rings. The quantitative estimate of drug-likeness (QED) is 0.746. The van der Waals surface area contributed by atoms with Crippen molar-refractivity contribution in [1.82, 2.24) is 4.98 Å². The lowest BCUT2D eigenvalue weighted by atomic mass is 9.95. The van der Waals surface area contributed by atoms with Gasteiger partial charge in [-0.15, -0.1) is 0 Å². The van der Waals surface area contributed by atoms with Crippen molar-refractivity contribution >= 4 is 22.5 Å². The van der Waals surface area contributed by atoms with Crippen molar-refractivity contribution < 1.29 is 9.53 Å². The van der Waals surface area contributed by atoms with Gasteiger partial charge in [-0.25, -0.2) is 0 Å². The van der Waals surface area contributed by atoms with Gasteiger partial charge in [-0.3, -0.25) is 9.78 Å². The van der Waals surface area contributed by atoms with E-state index in [4.69, 9.17) is 4.74 Å². The van der Waals surface area contributed by atoms with Crippen LogP contribution in [-0.2, 0) is 11.4 Å². The van der Waals surface area contributed by atoms with Gasteiger partial charge < -0.3 is 10.1 Å². The van der Waals surface area contributed by atoms with E-state index in [1.807, 2.05) is 75.4 Å². The minimum absolute atomic E-state index is 0.0559. The average Bonchev–Trinajstić information content (AvgIpc) is 2.60. The maximum absolute atomic E-state index is 12.4. The zero-order valence-electron chi connectivity index (χ0n) is 14.7. The lowest BCUT2D eigenvalue weighted by molar-refractivity contribution is -0.123. The van der Waals surface area contributed by atoms with E-state index in [0.717, 1.165) is 16.5 Å². The zero-order valence-corrected chi connectivity index (χ0v) is 14.7. The molecule has 3 aromatic rings. The zero-order chi connectivity index (χ0) is 17.9. The van der Waals surface area contributed by atoms with Gasteiger partial charge in [0.15, 0.2) is 0 Å². The molecule has 2 aromatic carbocycles. The summed E-state index contributed by atoms with van der Waals surface area (Å²) in [7, 11) is 0. The predicted octanol–water partition coefficient (Wildman–Crippen LogP) is 4.80. The van der Waals surface area contributed by atoms with E-state index in [0.29, 0.717) is 18.0 Å². The number of benzene rings is 2. The Labute approximate surface area is 147 Å². The third kappa shape index (κ3) is 4.15. The predicted molar refractivity (Wildman–Crippen MR) is 101 cm³/mol. The van der Waals surface area contributed by atoms with Crippen LogP contribution in [0.1, 0.15) is 26.3 Å². The van der Waals surface area contributed by atoms with E-state index in [1.54, 1.807) is 6.20 Å². The fraction of sp³-hybridized carbons (Fsp3) is 0.238. The second-order valence-electron chi connectivity index (χ2n) is 7.02. The summed E-state index contributed by atoms with van der Waals surface area (Å²) in [5.74, 6) is 0.647. The van der Waals surface area contributed by atoms with Crippen LogP contribution in [-0.4, -0.2) is 10.9 Å². The summed E-state index contributed by atoms with van der Waals surface area (Å²) >= 11 is 0. The molecule has 4 nitrogen and oxygen atoms in total. The summed E-state index contributed by atoms with van der Waals surface area (Å²) in [4.78, 5) is 16.8. The van der Waals surface area contributed by atoms with E-state index in [2.05, 4.69) is 10.3 Å². The highest BCUT2D eigenvalue weighted by molar-refractivity contribution is 6.02. The normalized spacial score (nSPS) is 11.3. The number of aromatic nitrogens is 1. The first-order valence-corrected chi connectivity index (χ1v) is 8.30. The first kappa shape index (κ1) is 17.0. The molecule has 3 rings (SSSR count). The number of hydrogen-bond donors (Lipinski definition) is 1. The molecule has 0 radical (unpaired) electrons. The van der Waals surface area contributed by atoms with E-state index < -0.39 is 5.41 Å². The molecule has 25 heavy (non-hydrogen) atoms. The van der Waals surface area contributed by atoms with Gasteiger partial charge in [0, 0.05) is 23.1 Å². The Morgan fingerprint density at radius 2 is 1.84 bits per heavy atom. The van der Waals surface area contributed by atoms with E-state index in [-0.39, 0.29) is 5.91 Å². The SMILES string of the molecule is CC(C)(C)C(=O)Nc1cc(OCc2ccccc2)cc2cccnc12. The number of fused-ring (bicyclic) bond motifs is 1. The van der Waals surface area contributed by atoms with Gasteiger partial charge in [-0.05, 0) is 17.7 Å². The molecule has 128 valence electrons. The van der Waals surface area contributed by atoms with Crippen LogP contribution in [0.2, 0.25) is 0 Å². The summed E-state index contributed by atoms with van der Waals surface area (Å²) in [6.45, 7) is 6.12. The largest absolute Gasteiger partial charge is 0.489 e. The van der Waals surface area contributed by atoms with Crippen molar-refractivity contribution in [2.45, 2.75) is 27.4 Å². The van der Waals surface area contributed by atoms with Crippen molar-refractivity contribution in [3.8, 4) is 5.75 Å². The smallest absolute Gasteiger partial charge is 0.229 e. The van der Waals surface area contributed by atoms with Crippen LogP contribution in [0.15, 0.2) is 60.8 Å². The molecule has 4 heteroatoms. The van der Waals surface area contributed by atoms with Crippen LogP contribution in [0.4, 0.5) is 5.69 Å². The fourth-order valence-corrected chi connectivity index (χ4v) is 2.39. The Morgan fingerprint density at radius 3 is 2.56 bits per heavy atom. The lowest BCUT2D eigenvalue weighted by Gasteiger charge is -2.19. The molecule has 0 unspecified atom stereocenters. The summed E-state index contributed by atoms with van der Waals surface area (Å²) in [5.41, 5.74) is 2.03. The van der Waals surface area contributed by atoms with Crippen LogP contribution < -0.4 is 10.1 Å². The average molecular weight is 334 g/mol. The highest BCUT2D eigenvalue weighted by atomic mass is 16.5. The molecule has 1 N–H and O–H groups in total. The maximum atomic E-state index is 12.4. The van der Waals surface area contributed by atoms with Gasteiger partial charge in [0.05, 0.1) is 11.2 Å². The Hall–Kier alpha value is -2.88. The highest BCUT2D eigenvalue weighted by Gasteiger charge is 2.22. The third-order valence-corrected chi connectivity index (χ3v) is 3.86. The van der Waals surface area contributed by atoms with E-state index >= 15 is 0 Å². The molecule has 1 amide bonds. The molecule has 0 saturated heterocycles. The Bertz CT molecular complexity index is 883. The minimum atomic E-state index is -0.484. The molecule has 0 aliphatic carbocycles. The van der Waals surface area contributed by atoms with Crippen LogP contribution in [0, 0.1) is 5.41 Å². The number of ether oxygens (including phenoxy) is 1. The summed E-state index contributed by atoms with van der Waals surface area (Å²) in [6.07, 6.45) is 1.72. The monoisotopic (exact) mass is 334 g/mol. The fourth-order valence-electron chi connectivity index (χ4n) is 2.39. The van der Waals surface area contributed by atoms with Gasteiger partial charge in [-0.1, -0.05) is 57.2 Å². The highest BCUT2D eigenvalue weighted by Crippen LogP contribution is 2.29. The molecule has 0 fully saturated rings. The molecular weight excluding hydrogens is 312 g/mol. The molecular formula is C21H22N2O2. The Morgan fingerprint density at radius 1 is 1.08 bits per heavy atom. The molecule has 0 bridgehead atoms. The lowest BCUT2D eigenvalue weighted by Crippen LogP contribution is -2.27. The van der Waals surface area contributed by atoms with Crippen molar-refractivity contribution in [3.63, 3.8) is 0 Å². The molecule has 0 saturated carbocycles. The number of hydrogen-bond acceptors (Lipinski definition) is 3. The number of carbonyl (C=O) groups is 1. The van der Waals surface area contributed by atoms with Gasteiger partial charge in [0.1, 0.15) is 12.4 Å². The van der Waals surface area contributed by atoms with Crippen molar-refractivity contribution in [3.05, 3.63) is 66.4 Å². The summed E-state index contributed by atoms with van der Waals surface area (Å²) < 4.78 is 5.93. The molecule has 0 aliphatic heterocycles. The second-order valence-corrected chi connectivity index (χ2v) is 7.02. The minimum Gasteiger partial charge on any atom is -0.489 e. The maximum Gasteiger partial charge on any atom is 0.229 e. The number of anilines is 1. The number of nitrogens with one attached hydrogen (secondary N) is 1. The number of rotatable bonds is 4. The number of nitrogens with zero attached hydrogens (tertiary/aromatic N) is 1. The van der Waals surface area contributed by atoms with Gasteiger partial charge >= 0.3 is 0 Å². The first-order valence-electron chi connectivity index (χ1n) is 8.30. The summed E-state index contributed by atoms with van der Waals surface area (Å²) in [6, 6.07) is 17.6. The standard InChI is InChI=1S/C21H22N2O2/c1-21(2,3)20(24)23-18-13-17(12-16-10-7-11-22-19(16)18)25-14-15-8-5-4-6-9-15/h4-13H,14H2,1-3H3,(H,23,24).